The van der Waals surface area contributed by atoms with Crippen molar-refractivity contribution in [2.45, 2.75) is 65.0 Å². The molecule has 0 fully saturated rings. The van der Waals surface area contributed by atoms with E-state index in [4.69, 9.17) is 9.47 Å². The summed E-state index contributed by atoms with van der Waals surface area (Å²) in [6.45, 7) is 6.49. The molecule has 1 atom stereocenters. The minimum absolute atomic E-state index is 0.0484. The summed E-state index contributed by atoms with van der Waals surface area (Å²) < 4.78 is 12.9. The fourth-order valence-electron chi connectivity index (χ4n) is 3.90. The van der Waals surface area contributed by atoms with Crippen LogP contribution in [-0.2, 0) is 22.5 Å². The topological polar surface area (TPSA) is 57.5 Å². The van der Waals surface area contributed by atoms with Crippen LogP contribution in [0.25, 0.3) is 0 Å². The summed E-state index contributed by atoms with van der Waals surface area (Å²) in [7, 11) is 1.57. The Kier molecular flexibility index (Phi) is 6.22. The maximum Gasteiger partial charge on any atom is 0.315 e. The van der Waals surface area contributed by atoms with Crippen molar-refractivity contribution in [3.63, 3.8) is 0 Å². The van der Waals surface area contributed by atoms with Crippen molar-refractivity contribution in [2.75, 3.05) is 7.11 Å². The number of esters is 1. The number of hydrogen-bond acceptors (Lipinski definition) is 4. The number of ketones is 1. The molecule has 1 aliphatic heterocycles. The maximum absolute atomic E-state index is 13.5. The lowest BCUT2D eigenvalue weighted by molar-refractivity contribution is -0.149. The summed E-state index contributed by atoms with van der Waals surface area (Å²) in [5.41, 5.74) is 3.15. The third-order valence-electron chi connectivity index (χ3n) is 5.21. The molecule has 0 bridgehead atoms. The van der Waals surface area contributed by atoms with Gasteiger partial charge in [-0.25, -0.2) is 0 Å². The summed E-state index contributed by atoms with van der Waals surface area (Å²) in [6, 6.07) is 9.34. The quantitative estimate of drug-likeness (QED) is 0.497. The Morgan fingerprint density at radius 1 is 1.25 bits per heavy atom. The Hall–Kier alpha value is -2.56. The predicted molar refractivity (Wildman–Crippen MR) is 108 cm³/mol. The van der Waals surface area contributed by atoms with Gasteiger partial charge in [0.15, 0.2) is 0 Å². The molecule has 0 aliphatic carbocycles. The number of hydrogen-bond donors (Lipinski definition) is 0. The van der Waals surface area contributed by atoms with E-state index in [1.54, 1.807) is 19.2 Å². The van der Waals surface area contributed by atoms with Crippen LogP contribution >= 0.6 is 0 Å². The van der Waals surface area contributed by atoms with E-state index in [-0.39, 0.29) is 23.8 Å². The molecule has 3 rings (SSSR count). The molecular weight excluding hydrogens is 354 g/mol. The summed E-state index contributed by atoms with van der Waals surface area (Å²) in [5, 5.41) is 0. The van der Waals surface area contributed by atoms with E-state index >= 15 is 0 Å². The van der Waals surface area contributed by atoms with Gasteiger partial charge in [-0.15, -0.1) is 0 Å². The van der Waals surface area contributed by atoms with Gasteiger partial charge in [-0.2, -0.15) is 0 Å². The molecule has 1 aromatic carbocycles. The van der Waals surface area contributed by atoms with Gasteiger partial charge in [-0.3, -0.25) is 9.59 Å². The van der Waals surface area contributed by atoms with Crippen molar-refractivity contribution in [1.82, 2.24) is 4.57 Å². The molecular formula is C23H29NO4. The fraction of sp³-hybridized carbons (Fsp3) is 0.478. The highest BCUT2D eigenvalue weighted by atomic mass is 16.5. The summed E-state index contributed by atoms with van der Waals surface area (Å²) in [5.74, 6) is 0.0116. The lowest BCUT2D eigenvalue weighted by Gasteiger charge is -2.12. The minimum Gasteiger partial charge on any atom is -0.496 e. The number of unbranched alkanes of at least 4 members (excludes halogenated alkanes) is 1. The van der Waals surface area contributed by atoms with E-state index in [9.17, 15) is 9.59 Å². The Morgan fingerprint density at radius 2 is 2.00 bits per heavy atom. The molecule has 0 saturated heterocycles. The van der Waals surface area contributed by atoms with Crippen molar-refractivity contribution < 1.29 is 19.1 Å². The van der Waals surface area contributed by atoms with Crippen molar-refractivity contribution in [3.05, 3.63) is 52.8 Å². The summed E-state index contributed by atoms with van der Waals surface area (Å²) in [6.07, 6.45) is 3.38. The number of rotatable bonds is 8. The van der Waals surface area contributed by atoms with E-state index in [0.29, 0.717) is 30.0 Å². The Bertz CT molecular complexity index is 865. The predicted octanol–water partition coefficient (Wildman–Crippen LogP) is 4.51. The average Bonchev–Trinajstić information content (AvgIpc) is 3.23. The lowest BCUT2D eigenvalue weighted by atomic mass is 9.99. The number of benzene rings is 1. The van der Waals surface area contributed by atoms with Crippen LogP contribution in [0.1, 0.15) is 73.3 Å². The van der Waals surface area contributed by atoms with Crippen LogP contribution in [0.15, 0.2) is 30.3 Å². The molecule has 0 radical (unpaired) electrons. The number of para-hydroxylation sites is 1. The second-order valence-corrected chi connectivity index (χ2v) is 7.55. The standard InChI is InChI=1S/C23H29NO4/c1-5-6-9-16-14-19-17(23(26)28-15(2)3)12-13-24(19)21(16)22(25)18-10-7-8-11-20(18)27-4/h7-8,10-11,14-15,17H,5-6,9,12-13H2,1-4H3. The van der Waals surface area contributed by atoms with Gasteiger partial charge in [-0.1, -0.05) is 25.5 Å². The molecule has 150 valence electrons. The van der Waals surface area contributed by atoms with Gasteiger partial charge >= 0.3 is 5.97 Å². The molecule has 2 heterocycles. The Morgan fingerprint density at radius 3 is 2.68 bits per heavy atom. The zero-order valence-corrected chi connectivity index (χ0v) is 17.2. The van der Waals surface area contributed by atoms with E-state index < -0.39 is 0 Å². The second-order valence-electron chi connectivity index (χ2n) is 7.55. The number of fused-ring (bicyclic) bond motifs is 1. The van der Waals surface area contributed by atoms with E-state index in [1.165, 1.54) is 0 Å². The molecule has 0 N–H and O–H groups in total. The molecule has 28 heavy (non-hydrogen) atoms. The van der Waals surface area contributed by atoms with Gasteiger partial charge in [0.2, 0.25) is 5.78 Å². The summed E-state index contributed by atoms with van der Waals surface area (Å²) in [4.78, 5) is 26.0. The molecule has 0 spiro atoms. The third-order valence-corrected chi connectivity index (χ3v) is 5.21. The van der Waals surface area contributed by atoms with Gasteiger partial charge in [0.25, 0.3) is 0 Å². The van der Waals surface area contributed by atoms with Crippen molar-refractivity contribution in [1.29, 1.82) is 0 Å². The van der Waals surface area contributed by atoms with Crippen molar-refractivity contribution >= 4 is 11.8 Å². The SMILES string of the molecule is CCCCc1cc2n(c1C(=O)c1ccccc1OC)CCC2C(=O)OC(C)C. The Labute approximate surface area is 166 Å². The molecule has 1 aromatic heterocycles. The fourth-order valence-corrected chi connectivity index (χ4v) is 3.90. The molecule has 5 heteroatoms. The number of carbonyl (C=O) groups excluding carboxylic acids is 2. The second kappa shape index (κ2) is 8.63. The Balaban J connectivity index is 2.03. The zero-order chi connectivity index (χ0) is 20.3. The van der Waals surface area contributed by atoms with Crippen LogP contribution in [0.3, 0.4) is 0 Å². The third kappa shape index (κ3) is 3.84. The van der Waals surface area contributed by atoms with Gasteiger partial charge in [-0.05, 0) is 56.9 Å². The molecule has 1 aliphatic rings. The monoisotopic (exact) mass is 383 g/mol. The first kappa shape index (κ1) is 20.2. The highest BCUT2D eigenvalue weighted by molar-refractivity contribution is 6.11. The van der Waals surface area contributed by atoms with Gasteiger partial charge in [0.05, 0.1) is 30.4 Å². The first-order valence-electron chi connectivity index (χ1n) is 10.1. The van der Waals surface area contributed by atoms with Gasteiger partial charge in [0, 0.05) is 12.2 Å². The maximum atomic E-state index is 13.5. The number of carbonyl (C=O) groups is 2. The zero-order valence-electron chi connectivity index (χ0n) is 17.2. The highest BCUT2D eigenvalue weighted by Gasteiger charge is 2.35. The number of methoxy groups -OCH3 is 1. The van der Waals surface area contributed by atoms with Crippen LogP contribution in [-0.4, -0.2) is 29.5 Å². The first-order chi connectivity index (χ1) is 13.5. The van der Waals surface area contributed by atoms with Crippen LogP contribution in [0, 0.1) is 0 Å². The van der Waals surface area contributed by atoms with Crippen LogP contribution < -0.4 is 4.74 Å². The lowest BCUT2D eigenvalue weighted by Crippen LogP contribution is -2.18. The molecule has 5 nitrogen and oxygen atoms in total. The van der Waals surface area contributed by atoms with Gasteiger partial charge in [0.1, 0.15) is 5.75 Å². The van der Waals surface area contributed by atoms with Gasteiger partial charge < -0.3 is 14.0 Å². The molecule has 0 saturated carbocycles. The van der Waals surface area contributed by atoms with Crippen LogP contribution in [0.5, 0.6) is 5.75 Å². The number of aromatic nitrogens is 1. The van der Waals surface area contributed by atoms with Crippen molar-refractivity contribution in [3.8, 4) is 5.75 Å². The largest absolute Gasteiger partial charge is 0.496 e. The average molecular weight is 383 g/mol. The van der Waals surface area contributed by atoms with E-state index in [1.807, 2.05) is 36.6 Å². The number of nitrogens with zero attached hydrogens (tertiary/aromatic N) is 1. The molecule has 2 aromatic rings. The van der Waals surface area contributed by atoms with E-state index in [0.717, 1.165) is 30.5 Å². The molecule has 1 unspecified atom stereocenters. The number of aryl methyl sites for hydroxylation is 1. The van der Waals surface area contributed by atoms with Crippen molar-refractivity contribution in [2.24, 2.45) is 0 Å². The highest BCUT2D eigenvalue weighted by Crippen LogP contribution is 2.36. The first-order valence-corrected chi connectivity index (χ1v) is 10.1. The smallest absolute Gasteiger partial charge is 0.315 e. The minimum atomic E-state index is -0.304. The van der Waals surface area contributed by atoms with Crippen LogP contribution in [0.4, 0.5) is 0 Å². The molecule has 0 amide bonds. The van der Waals surface area contributed by atoms with E-state index in [2.05, 4.69) is 6.92 Å². The number of ether oxygens (including phenoxy) is 2. The summed E-state index contributed by atoms with van der Waals surface area (Å²) >= 11 is 0. The normalized spacial score (nSPS) is 15.5. The van der Waals surface area contributed by atoms with Crippen LogP contribution in [0.2, 0.25) is 0 Å².